The van der Waals surface area contributed by atoms with Gasteiger partial charge in [-0.05, 0) is 22.5 Å². The molecule has 0 fully saturated rings. The van der Waals surface area contributed by atoms with Crippen molar-refractivity contribution in [2.75, 3.05) is 19.6 Å². The first-order chi connectivity index (χ1) is 8.82. The van der Waals surface area contributed by atoms with Gasteiger partial charge in [-0.25, -0.2) is 0 Å². The molecule has 1 rings (SSSR count). The molecular formula is C17H30N2. The van der Waals surface area contributed by atoms with E-state index in [1.54, 1.807) is 0 Å². The minimum atomic E-state index is 0.230. The molecule has 2 heteroatoms. The summed E-state index contributed by atoms with van der Waals surface area (Å²) in [5, 5.41) is 0. The molecule has 0 radical (unpaired) electrons. The summed E-state index contributed by atoms with van der Waals surface area (Å²) in [5.74, 6) is 0.681. The molecule has 0 unspecified atom stereocenters. The Kier molecular flexibility index (Phi) is 6.02. The summed E-state index contributed by atoms with van der Waals surface area (Å²) in [5.41, 5.74) is 8.70. The molecular weight excluding hydrogens is 232 g/mol. The third-order valence-electron chi connectivity index (χ3n) is 3.29. The molecule has 0 aliphatic heterocycles. The fraction of sp³-hybridized carbons (Fsp3) is 0.647. The largest absolute Gasteiger partial charge is 0.329 e. The zero-order valence-corrected chi connectivity index (χ0v) is 13.2. The number of hydrogen-bond donors (Lipinski definition) is 1. The summed E-state index contributed by atoms with van der Waals surface area (Å²) in [6.45, 7) is 15.1. The number of nitrogens with zero attached hydrogens (tertiary/aromatic N) is 1. The number of rotatable bonds is 6. The number of benzene rings is 1. The summed E-state index contributed by atoms with van der Waals surface area (Å²) in [4.78, 5) is 2.44. The van der Waals surface area contributed by atoms with Crippen molar-refractivity contribution in [1.82, 2.24) is 4.90 Å². The first-order valence-corrected chi connectivity index (χ1v) is 7.34. The van der Waals surface area contributed by atoms with Crippen molar-refractivity contribution in [2.24, 2.45) is 11.7 Å². The molecule has 0 atom stereocenters. The summed E-state index contributed by atoms with van der Waals surface area (Å²) in [6.07, 6.45) is 0. The second-order valence-corrected chi connectivity index (χ2v) is 6.86. The van der Waals surface area contributed by atoms with Crippen LogP contribution < -0.4 is 5.73 Å². The van der Waals surface area contributed by atoms with Gasteiger partial charge < -0.3 is 5.73 Å². The van der Waals surface area contributed by atoms with Crippen LogP contribution in [0.25, 0.3) is 0 Å². The van der Waals surface area contributed by atoms with Crippen LogP contribution in [0, 0.1) is 5.92 Å². The lowest BCUT2D eigenvalue weighted by Gasteiger charge is -2.24. The van der Waals surface area contributed by atoms with E-state index in [1.807, 2.05) is 0 Å². The highest BCUT2D eigenvalue weighted by molar-refractivity contribution is 5.27. The molecule has 0 bridgehead atoms. The molecule has 2 nitrogen and oxygen atoms in total. The van der Waals surface area contributed by atoms with Crippen LogP contribution in [-0.4, -0.2) is 24.5 Å². The van der Waals surface area contributed by atoms with Crippen LogP contribution in [0.1, 0.15) is 45.7 Å². The average molecular weight is 262 g/mol. The van der Waals surface area contributed by atoms with Crippen molar-refractivity contribution in [1.29, 1.82) is 0 Å². The summed E-state index contributed by atoms with van der Waals surface area (Å²) < 4.78 is 0. The quantitative estimate of drug-likeness (QED) is 0.851. The van der Waals surface area contributed by atoms with Gasteiger partial charge in [0.25, 0.3) is 0 Å². The van der Waals surface area contributed by atoms with Gasteiger partial charge in [-0.3, -0.25) is 4.90 Å². The van der Waals surface area contributed by atoms with Gasteiger partial charge in [-0.2, -0.15) is 0 Å². The molecule has 1 aromatic carbocycles. The molecule has 2 N–H and O–H groups in total. The average Bonchev–Trinajstić information content (AvgIpc) is 2.28. The Morgan fingerprint density at radius 3 is 2.11 bits per heavy atom. The van der Waals surface area contributed by atoms with Crippen LogP contribution in [0.4, 0.5) is 0 Å². The van der Waals surface area contributed by atoms with Crippen LogP contribution >= 0.6 is 0 Å². The van der Waals surface area contributed by atoms with Crippen LogP contribution in [-0.2, 0) is 12.0 Å². The highest BCUT2D eigenvalue weighted by Crippen LogP contribution is 2.22. The Hall–Kier alpha value is -0.860. The van der Waals surface area contributed by atoms with Crippen LogP contribution in [0.3, 0.4) is 0 Å². The number of nitrogens with two attached hydrogens (primary N) is 1. The summed E-state index contributed by atoms with van der Waals surface area (Å²) in [6, 6.07) is 9.02. The maximum atomic E-state index is 5.70. The van der Waals surface area contributed by atoms with E-state index in [0.29, 0.717) is 5.92 Å². The summed E-state index contributed by atoms with van der Waals surface area (Å²) in [7, 11) is 0. The standard InChI is InChI=1S/C17H30N2/c1-14(2)12-19(11-10-18)13-15-6-8-16(9-7-15)17(3,4)5/h6-9,14H,10-13,18H2,1-5H3. The first kappa shape index (κ1) is 16.2. The fourth-order valence-electron chi connectivity index (χ4n) is 2.30. The van der Waals surface area contributed by atoms with E-state index in [2.05, 4.69) is 63.8 Å². The molecule has 0 aliphatic rings. The zero-order valence-electron chi connectivity index (χ0n) is 13.2. The van der Waals surface area contributed by atoms with Crippen molar-refractivity contribution in [3.8, 4) is 0 Å². The Labute approximate surface area is 119 Å². The molecule has 1 aromatic rings. The predicted molar refractivity (Wildman–Crippen MR) is 84.3 cm³/mol. The Balaban J connectivity index is 2.69. The van der Waals surface area contributed by atoms with Gasteiger partial charge in [0.1, 0.15) is 0 Å². The smallest absolute Gasteiger partial charge is 0.0234 e. The van der Waals surface area contributed by atoms with E-state index < -0.39 is 0 Å². The number of hydrogen-bond acceptors (Lipinski definition) is 2. The van der Waals surface area contributed by atoms with Crippen molar-refractivity contribution in [3.05, 3.63) is 35.4 Å². The fourth-order valence-corrected chi connectivity index (χ4v) is 2.30. The molecule has 0 spiro atoms. The van der Waals surface area contributed by atoms with Crippen molar-refractivity contribution in [2.45, 2.75) is 46.6 Å². The third-order valence-corrected chi connectivity index (χ3v) is 3.29. The second kappa shape index (κ2) is 7.06. The Bertz CT molecular complexity index is 360. The minimum absolute atomic E-state index is 0.230. The monoisotopic (exact) mass is 262 g/mol. The Morgan fingerprint density at radius 1 is 1.11 bits per heavy atom. The summed E-state index contributed by atoms with van der Waals surface area (Å²) >= 11 is 0. The van der Waals surface area contributed by atoms with Crippen LogP contribution in [0.2, 0.25) is 0 Å². The van der Waals surface area contributed by atoms with E-state index in [0.717, 1.165) is 26.2 Å². The minimum Gasteiger partial charge on any atom is -0.329 e. The van der Waals surface area contributed by atoms with Gasteiger partial charge in [0.2, 0.25) is 0 Å². The molecule has 108 valence electrons. The van der Waals surface area contributed by atoms with Crippen molar-refractivity contribution >= 4 is 0 Å². The van der Waals surface area contributed by atoms with Crippen molar-refractivity contribution in [3.63, 3.8) is 0 Å². The Morgan fingerprint density at radius 2 is 1.68 bits per heavy atom. The van der Waals surface area contributed by atoms with Crippen LogP contribution in [0.5, 0.6) is 0 Å². The third kappa shape index (κ3) is 5.75. The van der Waals surface area contributed by atoms with Gasteiger partial charge in [0, 0.05) is 26.2 Å². The topological polar surface area (TPSA) is 29.3 Å². The lowest BCUT2D eigenvalue weighted by molar-refractivity contribution is 0.242. The van der Waals surface area contributed by atoms with Crippen LogP contribution in [0.15, 0.2) is 24.3 Å². The maximum Gasteiger partial charge on any atom is 0.0234 e. The first-order valence-electron chi connectivity index (χ1n) is 7.34. The van der Waals surface area contributed by atoms with E-state index in [-0.39, 0.29) is 5.41 Å². The molecule has 0 amide bonds. The molecule has 0 saturated carbocycles. The molecule has 0 aromatic heterocycles. The maximum absolute atomic E-state index is 5.70. The van der Waals surface area contributed by atoms with E-state index in [4.69, 9.17) is 5.73 Å². The lowest BCUT2D eigenvalue weighted by atomic mass is 9.87. The molecule has 19 heavy (non-hydrogen) atoms. The molecule has 0 saturated heterocycles. The van der Waals surface area contributed by atoms with E-state index in [9.17, 15) is 0 Å². The molecule has 0 aliphatic carbocycles. The van der Waals surface area contributed by atoms with Gasteiger partial charge in [-0.1, -0.05) is 58.9 Å². The predicted octanol–water partition coefficient (Wildman–Crippen LogP) is 3.40. The lowest BCUT2D eigenvalue weighted by Crippen LogP contribution is -2.32. The van der Waals surface area contributed by atoms with Gasteiger partial charge >= 0.3 is 0 Å². The molecule has 0 heterocycles. The highest BCUT2D eigenvalue weighted by Gasteiger charge is 2.13. The van der Waals surface area contributed by atoms with E-state index in [1.165, 1.54) is 11.1 Å². The van der Waals surface area contributed by atoms with Crippen molar-refractivity contribution < 1.29 is 0 Å². The SMILES string of the molecule is CC(C)CN(CCN)Cc1ccc(C(C)(C)C)cc1. The van der Waals surface area contributed by atoms with Gasteiger partial charge in [0.15, 0.2) is 0 Å². The second-order valence-electron chi connectivity index (χ2n) is 6.86. The van der Waals surface area contributed by atoms with E-state index >= 15 is 0 Å². The normalized spacial score (nSPS) is 12.4. The van der Waals surface area contributed by atoms with Gasteiger partial charge in [-0.15, -0.1) is 0 Å². The van der Waals surface area contributed by atoms with Gasteiger partial charge in [0.05, 0.1) is 0 Å². The zero-order chi connectivity index (χ0) is 14.5. The highest BCUT2D eigenvalue weighted by atomic mass is 15.1.